The van der Waals surface area contributed by atoms with Gasteiger partial charge >= 0.3 is 0 Å². The largest absolute Gasteiger partial charge is 0.461 e. The van der Waals surface area contributed by atoms with Crippen molar-refractivity contribution in [2.24, 2.45) is 0 Å². The minimum absolute atomic E-state index is 0.395. The Kier molecular flexibility index (Phi) is 2.30. The quantitative estimate of drug-likeness (QED) is 0.562. The fourth-order valence-electron chi connectivity index (χ4n) is 1.71. The van der Waals surface area contributed by atoms with E-state index >= 15 is 0 Å². The van der Waals surface area contributed by atoms with E-state index in [0.717, 1.165) is 16.7 Å². The number of fused-ring (bicyclic) bond motifs is 1. The molecule has 0 aliphatic carbocycles. The fourth-order valence-corrected chi connectivity index (χ4v) is 1.71. The minimum Gasteiger partial charge on any atom is -0.461 e. The van der Waals surface area contributed by atoms with Crippen molar-refractivity contribution in [1.29, 1.82) is 0 Å². The molecule has 0 saturated heterocycles. The molecule has 1 nitrogen and oxygen atoms in total. The van der Waals surface area contributed by atoms with Crippen LogP contribution in [-0.4, -0.2) is 23.5 Å². The molecule has 0 amide bonds. The first kappa shape index (κ1) is 10.2. The van der Waals surface area contributed by atoms with Crippen LogP contribution in [-0.2, 0) is 0 Å². The van der Waals surface area contributed by atoms with E-state index < -0.39 is 0 Å². The number of hydrogen-bond acceptors (Lipinski definition) is 1. The van der Waals surface area contributed by atoms with Gasteiger partial charge < -0.3 is 4.42 Å². The zero-order chi connectivity index (χ0) is 11.2. The Morgan fingerprint density at radius 2 is 1.93 bits per heavy atom. The van der Waals surface area contributed by atoms with E-state index in [2.05, 4.69) is 6.58 Å². The van der Waals surface area contributed by atoms with E-state index in [1.165, 1.54) is 0 Å². The number of furan rings is 1. The summed E-state index contributed by atoms with van der Waals surface area (Å²) < 4.78 is 5.52. The van der Waals surface area contributed by atoms with Gasteiger partial charge in [0.15, 0.2) is 0 Å². The van der Waals surface area contributed by atoms with Crippen LogP contribution in [0.1, 0.15) is 11.3 Å². The summed E-state index contributed by atoms with van der Waals surface area (Å²) in [4.78, 5) is 0. The molecule has 0 saturated carbocycles. The summed E-state index contributed by atoms with van der Waals surface area (Å²) in [5.41, 5.74) is 2.80. The van der Waals surface area contributed by atoms with Crippen LogP contribution in [0, 0.1) is 6.92 Å². The van der Waals surface area contributed by atoms with Crippen LogP contribution < -0.4 is 16.4 Å². The molecule has 0 N–H and O–H groups in total. The standard InChI is InChI=1S/C11H7B3O/c1-3-6-5(2)15-8-4-7(12)10(13)11(14)9(6)8/h3-4H,1H2,2H3. The molecule has 1 aromatic heterocycles. The molecule has 0 bridgehead atoms. The second-order valence-electron chi connectivity index (χ2n) is 3.44. The van der Waals surface area contributed by atoms with Crippen molar-refractivity contribution in [2.45, 2.75) is 6.92 Å². The molecule has 0 atom stereocenters. The molecule has 2 rings (SSSR count). The molecule has 0 aliphatic rings. The van der Waals surface area contributed by atoms with Crippen LogP contribution in [0.3, 0.4) is 0 Å². The highest BCUT2D eigenvalue weighted by Crippen LogP contribution is 2.23. The molecule has 6 radical (unpaired) electrons. The van der Waals surface area contributed by atoms with Gasteiger partial charge in [0, 0.05) is 10.9 Å². The smallest absolute Gasteiger partial charge is 0.133 e. The maximum Gasteiger partial charge on any atom is 0.133 e. The monoisotopic (exact) mass is 188 g/mol. The van der Waals surface area contributed by atoms with Crippen molar-refractivity contribution in [1.82, 2.24) is 0 Å². The first-order valence-electron chi connectivity index (χ1n) is 4.55. The highest BCUT2D eigenvalue weighted by Gasteiger charge is 2.12. The molecule has 0 fully saturated rings. The molecule has 0 spiro atoms. The third-order valence-electron chi connectivity index (χ3n) is 2.52. The SMILES string of the molecule is [B]c1cc2oc(C)c(C=C)c2c([B])c1[B]. The van der Waals surface area contributed by atoms with E-state index in [9.17, 15) is 0 Å². The van der Waals surface area contributed by atoms with E-state index in [4.69, 9.17) is 28.0 Å². The molecule has 1 aromatic carbocycles. The van der Waals surface area contributed by atoms with Crippen molar-refractivity contribution in [3.8, 4) is 0 Å². The maximum absolute atomic E-state index is 5.90. The number of hydrogen-bond donors (Lipinski definition) is 0. The third-order valence-corrected chi connectivity index (χ3v) is 2.52. The number of aryl methyl sites for hydroxylation is 1. The van der Waals surface area contributed by atoms with E-state index in [1.54, 1.807) is 12.1 Å². The molecule has 1 heterocycles. The molecule has 4 heteroatoms. The molecular formula is C11H7B3O. The van der Waals surface area contributed by atoms with Gasteiger partial charge in [-0.3, -0.25) is 0 Å². The second-order valence-corrected chi connectivity index (χ2v) is 3.44. The predicted molar refractivity (Wildman–Crippen MR) is 67.2 cm³/mol. The predicted octanol–water partition coefficient (Wildman–Crippen LogP) is -0.234. The van der Waals surface area contributed by atoms with Crippen molar-refractivity contribution in [2.75, 3.05) is 0 Å². The molecule has 66 valence electrons. The van der Waals surface area contributed by atoms with Crippen LogP contribution in [0.2, 0.25) is 0 Å². The van der Waals surface area contributed by atoms with E-state index in [0.29, 0.717) is 22.0 Å². The second kappa shape index (κ2) is 3.37. The molecular weight excluding hydrogens is 181 g/mol. The van der Waals surface area contributed by atoms with E-state index in [1.807, 2.05) is 6.92 Å². The van der Waals surface area contributed by atoms with E-state index in [-0.39, 0.29) is 0 Å². The summed E-state index contributed by atoms with van der Waals surface area (Å²) in [5.74, 6) is 0.761. The zero-order valence-corrected chi connectivity index (χ0v) is 8.50. The Balaban J connectivity index is 3.00. The summed E-state index contributed by atoms with van der Waals surface area (Å²) in [7, 11) is 17.3. The van der Waals surface area contributed by atoms with Crippen LogP contribution in [0.5, 0.6) is 0 Å². The third kappa shape index (κ3) is 1.36. The summed E-state index contributed by atoms with van der Waals surface area (Å²) >= 11 is 0. The Labute approximate surface area is 92.8 Å². The maximum atomic E-state index is 5.90. The number of benzene rings is 1. The van der Waals surface area contributed by atoms with Gasteiger partial charge in [-0.2, -0.15) is 0 Å². The zero-order valence-electron chi connectivity index (χ0n) is 8.50. The molecule has 2 aromatic rings. The van der Waals surface area contributed by atoms with Gasteiger partial charge in [0.1, 0.15) is 34.9 Å². The Morgan fingerprint density at radius 3 is 2.53 bits per heavy atom. The lowest BCUT2D eigenvalue weighted by Crippen LogP contribution is -2.39. The fraction of sp³-hybridized carbons (Fsp3) is 0.0909. The van der Waals surface area contributed by atoms with Gasteiger partial charge in [0.25, 0.3) is 0 Å². The van der Waals surface area contributed by atoms with Gasteiger partial charge in [-0.15, -0.1) is 10.9 Å². The molecule has 15 heavy (non-hydrogen) atoms. The molecule has 0 aliphatic heterocycles. The summed E-state index contributed by atoms with van der Waals surface area (Å²) in [6.45, 7) is 5.57. The van der Waals surface area contributed by atoms with Crippen LogP contribution >= 0.6 is 0 Å². The van der Waals surface area contributed by atoms with Crippen molar-refractivity contribution in [3.63, 3.8) is 0 Å². The summed E-state index contributed by atoms with van der Waals surface area (Å²) in [5, 5.41) is 0.786. The van der Waals surface area contributed by atoms with Crippen molar-refractivity contribution < 1.29 is 4.42 Å². The summed E-state index contributed by atoms with van der Waals surface area (Å²) in [6, 6.07) is 1.68. The lowest BCUT2D eigenvalue weighted by atomic mass is 9.70. The normalized spacial score (nSPS) is 10.7. The lowest BCUT2D eigenvalue weighted by molar-refractivity contribution is 0.578. The lowest BCUT2D eigenvalue weighted by Gasteiger charge is -2.07. The Bertz CT molecular complexity index is 555. The first-order chi connectivity index (χ1) is 7.06. The number of rotatable bonds is 1. The van der Waals surface area contributed by atoms with Crippen LogP contribution in [0.15, 0.2) is 17.1 Å². The minimum atomic E-state index is 0.395. The van der Waals surface area contributed by atoms with Gasteiger partial charge in [-0.25, -0.2) is 0 Å². The van der Waals surface area contributed by atoms with Crippen LogP contribution in [0.25, 0.3) is 17.0 Å². The van der Waals surface area contributed by atoms with Gasteiger partial charge in [-0.05, 0) is 13.0 Å². The average molecular weight is 188 g/mol. The van der Waals surface area contributed by atoms with Gasteiger partial charge in [-0.1, -0.05) is 18.1 Å². The van der Waals surface area contributed by atoms with Crippen molar-refractivity contribution in [3.05, 3.63) is 24.0 Å². The Hall–Kier alpha value is -1.31. The highest BCUT2D eigenvalue weighted by molar-refractivity contribution is 6.60. The van der Waals surface area contributed by atoms with Crippen LogP contribution in [0.4, 0.5) is 0 Å². The van der Waals surface area contributed by atoms with Crippen molar-refractivity contribution >= 4 is 57.0 Å². The average Bonchev–Trinajstić information content (AvgIpc) is 2.50. The Morgan fingerprint density at radius 1 is 1.27 bits per heavy atom. The summed E-state index contributed by atoms with van der Waals surface area (Å²) in [6.07, 6.45) is 1.70. The first-order valence-corrected chi connectivity index (χ1v) is 4.55. The molecule has 0 unspecified atom stereocenters. The topological polar surface area (TPSA) is 13.1 Å². The van der Waals surface area contributed by atoms with Gasteiger partial charge in [0.05, 0.1) is 0 Å². The highest BCUT2D eigenvalue weighted by atomic mass is 16.3. The van der Waals surface area contributed by atoms with Gasteiger partial charge in [0.2, 0.25) is 0 Å².